The van der Waals surface area contributed by atoms with E-state index < -0.39 is 17.7 Å². The number of nitrogens with one attached hydrogen (secondary N) is 1. The third-order valence-electron chi connectivity index (χ3n) is 5.02. The first-order valence-corrected chi connectivity index (χ1v) is 9.50. The highest BCUT2D eigenvalue weighted by Crippen LogP contribution is 2.28. The Balaban J connectivity index is 1.70. The highest BCUT2D eigenvalue weighted by molar-refractivity contribution is 5.78. The number of aromatic hydroxyl groups is 1. The van der Waals surface area contributed by atoms with Gasteiger partial charge in [-0.05, 0) is 48.4 Å². The van der Waals surface area contributed by atoms with Crippen molar-refractivity contribution in [3.63, 3.8) is 0 Å². The molecule has 30 heavy (non-hydrogen) atoms. The average Bonchev–Trinajstić information content (AvgIpc) is 2.77. The quantitative estimate of drug-likeness (QED) is 0.532. The van der Waals surface area contributed by atoms with E-state index in [2.05, 4.69) is 5.32 Å². The van der Waals surface area contributed by atoms with Gasteiger partial charge in [0.15, 0.2) is 0 Å². The molecule has 1 unspecified atom stereocenters. The predicted molar refractivity (Wildman–Crippen MR) is 114 cm³/mol. The summed E-state index contributed by atoms with van der Waals surface area (Å²) in [6.07, 6.45) is 0. The molecule has 0 aliphatic rings. The van der Waals surface area contributed by atoms with Crippen molar-refractivity contribution >= 4 is 11.7 Å². The number of hydrogen-bond donors (Lipinski definition) is 2. The van der Waals surface area contributed by atoms with E-state index in [9.17, 15) is 14.3 Å². The Morgan fingerprint density at radius 1 is 1.07 bits per heavy atom. The second-order valence-electron chi connectivity index (χ2n) is 6.91. The molecule has 6 heteroatoms. The molecule has 1 atom stereocenters. The van der Waals surface area contributed by atoms with E-state index in [4.69, 9.17) is 9.47 Å². The Labute approximate surface area is 175 Å². The van der Waals surface area contributed by atoms with Gasteiger partial charge in [0.2, 0.25) is 0 Å². The number of carbonyl (C=O) groups is 1. The molecular formula is C24H24FNO4. The number of phenols is 1. The summed E-state index contributed by atoms with van der Waals surface area (Å²) in [5, 5.41) is 13.3. The molecule has 3 aromatic rings. The number of esters is 1. The first-order valence-electron chi connectivity index (χ1n) is 9.50. The number of methoxy groups -OCH3 is 2. The van der Waals surface area contributed by atoms with E-state index in [-0.39, 0.29) is 5.75 Å². The number of halogens is 1. The zero-order valence-corrected chi connectivity index (χ0v) is 17.1. The second kappa shape index (κ2) is 9.31. The van der Waals surface area contributed by atoms with Crippen LogP contribution in [0.15, 0.2) is 60.7 Å². The number of anilines is 1. The highest BCUT2D eigenvalue weighted by atomic mass is 19.1. The lowest BCUT2D eigenvalue weighted by Crippen LogP contribution is -2.11. The number of rotatable bonds is 7. The van der Waals surface area contributed by atoms with Crippen molar-refractivity contribution in [2.24, 2.45) is 0 Å². The molecule has 156 valence electrons. The van der Waals surface area contributed by atoms with Crippen LogP contribution >= 0.6 is 0 Å². The standard InChI is InChI=1S/C24H24FNO4/c1-15(24(28)30-3)17-7-11-21(22(25)12-17)16-4-8-19(9-5-16)26-14-18-6-10-20(29-2)13-23(18)27/h4-13,15,26-27H,14H2,1-3H3. The summed E-state index contributed by atoms with van der Waals surface area (Å²) in [6.45, 7) is 2.12. The van der Waals surface area contributed by atoms with Crippen LogP contribution in [-0.2, 0) is 16.1 Å². The molecule has 0 aliphatic carbocycles. The molecule has 0 saturated carbocycles. The van der Waals surface area contributed by atoms with E-state index in [1.807, 2.05) is 24.3 Å². The molecule has 0 bridgehead atoms. The lowest BCUT2D eigenvalue weighted by molar-refractivity contribution is -0.141. The number of phenolic OH excluding ortho intramolecular Hbond substituents is 1. The van der Waals surface area contributed by atoms with Crippen molar-refractivity contribution < 1.29 is 23.8 Å². The summed E-state index contributed by atoms with van der Waals surface area (Å²) in [7, 11) is 2.86. The van der Waals surface area contributed by atoms with Crippen LogP contribution in [0.1, 0.15) is 24.0 Å². The van der Waals surface area contributed by atoms with Crippen LogP contribution in [0.25, 0.3) is 11.1 Å². The van der Waals surface area contributed by atoms with E-state index in [1.165, 1.54) is 13.2 Å². The summed E-state index contributed by atoms with van der Waals surface area (Å²) >= 11 is 0. The van der Waals surface area contributed by atoms with Gasteiger partial charge < -0.3 is 19.9 Å². The summed E-state index contributed by atoms with van der Waals surface area (Å²) in [5.41, 5.74) is 3.32. The fourth-order valence-corrected chi connectivity index (χ4v) is 3.13. The van der Waals surface area contributed by atoms with Gasteiger partial charge in [-0.3, -0.25) is 4.79 Å². The van der Waals surface area contributed by atoms with E-state index >= 15 is 0 Å². The Hall–Kier alpha value is -3.54. The van der Waals surface area contributed by atoms with Crippen LogP contribution in [0.5, 0.6) is 11.5 Å². The number of ether oxygens (including phenoxy) is 2. The minimum Gasteiger partial charge on any atom is -0.507 e. The Morgan fingerprint density at radius 2 is 1.80 bits per heavy atom. The molecule has 0 heterocycles. The van der Waals surface area contributed by atoms with Crippen molar-refractivity contribution in [2.75, 3.05) is 19.5 Å². The zero-order chi connectivity index (χ0) is 21.7. The Bertz CT molecular complexity index is 1030. The number of carbonyl (C=O) groups excluding carboxylic acids is 1. The first kappa shape index (κ1) is 21.2. The maximum Gasteiger partial charge on any atom is 0.312 e. The van der Waals surface area contributed by atoms with Crippen molar-refractivity contribution in [3.05, 3.63) is 77.6 Å². The Kier molecular flexibility index (Phi) is 6.57. The summed E-state index contributed by atoms with van der Waals surface area (Å²) < 4.78 is 24.4. The molecule has 2 N–H and O–H groups in total. The van der Waals surface area contributed by atoms with E-state index in [0.717, 1.165) is 16.8 Å². The van der Waals surface area contributed by atoms with Gasteiger partial charge in [0, 0.05) is 29.4 Å². The minimum atomic E-state index is -0.528. The third-order valence-corrected chi connectivity index (χ3v) is 5.02. The van der Waals surface area contributed by atoms with E-state index in [1.54, 1.807) is 44.4 Å². The lowest BCUT2D eigenvalue weighted by Gasteiger charge is -2.12. The molecule has 0 saturated heterocycles. The molecular weight excluding hydrogens is 385 g/mol. The van der Waals surface area contributed by atoms with Gasteiger partial charge in [-0.2, -0.15) is 0 Å². The van der Waals surface area contributed by atoms with Crippen LogP contribution in [0.3, 0.4) is 0 Å². The van der Waals surface area contributed by atoms with Crippen molar-refractivity contribution in [1.82, 2.24) is 0 Å². The van der Waals surface area contributed by atoms with Crippen molar-refractivity contribution in [2.45, 2.75) is 19.4 Å². The van der Waals surface area contributed by atoms with Gasteiger partial charge in [-0.25, -0.2) is 4.39 Å². The SMILES string of the molecule is COC(=O)C(C)c1ccc(-c2ccc(NCc3ccc(OC)cc3O)cc2)c(F)c1. The molecule has 0 radical (unpaired) electrons. The minimum absolute atomic E-state index is 0.154. The van der Waals surface area contributed by atoms with Crippen LogP contribution in [0.4, 0.5) is 10.1 Å². The fraction of sp³-hybridized carbons (Fsp3) is 0.208. The Morgan fingerprint density at radius 3 is 2.40 bits per heavy atom. The summed E-state index contributed by atoms with van der Waals surface area (Å²) in [4.78, 5) is 11.7. The molecule has 0 aromatic heterocycles. The van der Waals surface area contributed by atoms with Gasteiger partial charge in [0.05, 0.1) is 20.1 Å². The zero-order valence-electron chi connectivity index (χ0n) is 17.1. The molecule has 0 fully saturated rings. The van der Waals surface area contributed by atoms with Crippen LogP contribution in [0.2, 0.25) is 0 Å². The number of hydrogen-bond acceptors (Lipinski definition) is 5. The fourth-order valence-electron chi connectivity index (χ4n) is 3.13. The van der Waals surface area contributed by atoms with Crippen LogP contribution in [0, 0.1) is 5.82 Å². The second-order valence-corrected chi connectivity index (χ2v) is 6.91. The van der Waals surface area contributed by atoms with Crippen molar-refractivity contribution in [1.29, 1.82) is 0 Å². The smallest absolute Gasteiger partial charge is 0.312 e. The first-order chi connectivity index (χ1) is 14.4. The van der Waals surface area contributed by atoms with Gasteiger partial charge in [-0.15, -0.1) is 0 Å². The molecule has 0 aliphatic heterocycles. The largest absolute Gasteiger partial charge is 0.507 e. The average molecular weight is 409 g/mol. The molecule has 5 nitrogen and oxygen atoms in total. The topological polar surface area (TPSA) is 67.8 Å². The van der Waals surface area contributed by atoms with Crippen LogP contribution in [-0.4, -0.2) is 25.3 Å². The third kappa shape index (κ3) is 4.71. The lowest BCUT2D eigenvalue weighted by atomic mass is 9.97. The monoisotopic (exact) mass is 409 g/mol. The normalized spacial score (nSPS) is 11.6. The molecule has 3 aromatic carbocycles. The summed E-state index contributed by atoms with van der Waals surface area (Å²) in [5.74, 6) is -0.580. The summed E-state index contributed by atoms with van der Waals surface area (Å²) in [6, 6.07) is 17.2. The molecule has 0 amide bonds. The van der Waals surface area contributed by atoms with Gasteiger partial charge in [-0.1, -0.05) is 24.3 Å². The van der Waals surface area contributed by atoms with E-state index in [0.29, 0.717) is 23.4 Å². The van der Waals surface area contributed by atoms with Crippen molar-refractivity contribution in [3.8, 4) is 22.6 Å². The maximum atomic E-state index is 14.6. The van der Waals surface area contributed by atoms with Gasteiger partial charge in [0.25, 0.3) is 0 Å². The van der Waals surface area contributed by atoms with Gasteiger partial charge >= 0.3 is 5.97 Å². The number of benzene rings is 3. The van der Waals surface area contributed by atoms with Crippen LogP contribution < -0.4 is 10.1 Å². The molecule has 3 rings (SSSR count). The predicted octanol–water partition coefficient (Wildman–Crippen LogP) is 5.10. The molecule has 0 spiro atoms. The maximum absolute atomic E-state index is 14.6. The van der Waals surface area contributed by atoms with Gasteiger partial charge in [0.1, 0.15) is 17.3 Å². The highest BCUT2D eigenvalue weighted by Gasteiger charge is 2.17.